The summed E-state index contributed by atoms with van der Waals surface area (Å²) in [7, 11) is 1.31. The predicted molar refractivity (Wildman–Crippen MR) is 61.8 cm³/mol. The lowest BCUT2D eigenvalue weighted by Gasteiger charge is -2.16. The number of aliphatic hydroxyl groups is 2. The Labute approximate surface area is 108 Å². The number of hydrogen-bond donors (Lipinski definition) is 3. The zero-order chi connectivity index (χ0) is 14.0. The third-order valence-corrected chi connectivity index (χ3v) is 2.81. The van der Waals surface area contributed by atoms with Gasteiger partial charge in [-0.1, -0.05) is 0 Å². The highest BCUT2D eigenvalue weighted by Crippen LogP contribution is 2.28. The summed E-state index contributed by atoms with van der Waals surface area (Å²) >= 11 is 0. The lowest BCUT2D eigenvalue weighted by atomic mass is 10.1. The molecule has 1 fully saturated rings. The van der Waals surface area contributed by atoms with E-state index in [2.05, 4.69) is 14.8 Å². The highest BCUT2D eigenvalue weighted by atomic mass is 17.2. The lowest BCUT2D eigenvalue weighted by Crippen LogP contribution is -2.36. The number of anilines is 1. The van der Waals surface area contributed by atoms with Gasteiger partial charge in [-0.15, -0.1) is 0 Å². The number of rotatable bonds is 4. The number of hydrogen-bond acceptors (Lipinski definition) is 8. The van der Waals surface area contributed by atoms with Crippen molar-refractivity contribution in [3.8, 4) is 0 Å². The topological polar surface area (TPSA) is 129 Å². The first-order chi connectivity index (χ1) is 9.04. The van der Waals surface area contributed by atoms with E-state index in [1.54, 1.807) is 0 Å². The molecule has 0 spiro atoms. The first kappa shape index (κ1) is 13.9. The van der Waals surface area contributed by atoms with E-state index >= 15 is 0 Å². The van der Waals surface area contributed by atoms with Crippen LogP contribution in [0.5, 0.6) is 0 Å². The monoisotopic (exact) mass is 273 g/mol. The van der Waals surface area contributed by atoms with Gasteiger partial charge in [-0.3, -0.25) is 4.57 Å². The molecule has 1 aliphatic rings. The van der Waals surface area contributed by atoms with Crippen molar-refractivity contribution in [2.45, 2.75) is 24.5 Å². The molecule has 9 heteroatoms. The fraction of sp³-hybridized carbons (Fsp3) is 0.600. The molecule has 2 heterocycles. The lowest BCUT2D eigenvalue weighted by molar-refractivity contribution is -0.290. The number of nitrogens with two attached hydrogens (primary N) is 1. The second kappa shape index (κ2) is 5.63. The average molecular weight is 273 g/mol. The van der Waals surface area contributed by atoms with Crippen molar-refractivity contribution in [2.75, 3.05) is 19.5 Å². The molecule has 0 aliphatic carbocycles. The average Bonchev–Trinajstić information content (AvgIpc) is 2.64. The molecule has 1 aromatic rings. The van der Waals surface area contributed by atoms with Gasteiger partial charge in [0.25, 0.3) is 0 Å². The number of aromatic nitrogens is 2. The Balaban J connectivity index is 2.19. The zero-order valence-corrected chi connectivity index (χ0v) is 10.2. The Hall–Kier alpha value is -1.52. The van der Waals surface area contributed by atoms with E-state index in [0.717, 1.165) is 4.57 Å². The first-order valence-electron chi connectivity index (χ1n) is 5.56. The summed E-state index contributed by atoms with van der Waals surface area (Å²) in [6.45, 7) is -0.0810. The molecule has 0 amide bonds. The van der Waals surface area contributed by atoms with Crippen LogP contribution in [0.4, 0.5) is 5.82 Å². The Morgan fingerprint density at radius 2 is 2.26 bits per heavy atom. The molecule has 2 rings (SSSR count). The van der Waals surface area contributed by atoms with Crippen molar-refractivity contribution >= 4 is 5.82 Å². The number of aliphatic hydroxyl groups excluding tert-OH is 2. The van der Waals surface area contributed by atoms with Gasteiger partial charge in [0.05, 0.1) is 7.11 Å². The molecule has 0 radical (unpaired) electrons. The SMILES string of the molecule is COOC[C@H]1O[C@@H](n2ccc(N)nc2=O)[C@H](O)[C@@H]1O. The summed E-state index contributed by atoms with van der Waals surface area (Å²) in [5.41, 5.74) is 4.69. The van der Waals surface area contributed by atoms with E-state index in [4.69, 9.17) is 10.5 Å². The molecule has 0 unspecified atom stereocenters. The van der Waals surface area contributed by atoms with Gasteiger partial charge in [-0.2, -0.15) is 4.98 Å². The summed E-state index contributed by atoms with van der Waals surface area (Å²) in [4.78, 5) is 24.2. The molecule has 9 nitrogen and oxygen atoms in total. The smallest absolute Gasteiger partial charge is 0.351 e. The Morgan fingerprint density at radius 1 is 1.53 bits per heavy atom. The minimum atomic E-state index is -1.28. The quantitative estimate of drug-likeness (QED) is 0.425. The van der Waals surface area contributed by atoms with Gasteiger partial charge < -0.3 is 20.7 Å². The molecule has 0 bridgehead atoms. The van der Waals surface area contributed by atoms with Crippen LogP contribution < -0.4 is 11.4 Å². The maximum atomic E-state index is 11.6. The van der Waals surface area contributed by atoms with E-state index in [0.29, 0.717) is 0 Å². The van der Waals surface area contributed by atoms with Crippen LogP contribution in [0, 0.1) is 0 Å². The minimum Gasteiger partial charge on any atom is -0.387 e. The summed E-state index contributed by atoms with van der Waals surface area (Å²) in [5.74, 6) is 0.0635. The normalized spacial score (nSPS) is 30.7. The van der Waals surface area contributed by atoms with E-state index < -0.39 is 30.2 Å². The molecule has 1 aliphatic heterocycles. The van der Waals surface area contributed by atoms with Crippen LogP contribution in [0.2, 0.25) is 0 Å². The Bertz CT molecular complexity index is 492. The van der Waals surface area contributed by atoms with Gasteiger partial charge >= 0.3 is 5.69 Å². The van der Waals surface area contributed by atoms with Gasteiger partial charge in [0.2, 0.25) is 0 Å². The van der Waals surface area contributed by atoms with Crippen LogP contribution >= 0.6 is 0 Å². The molecule has 0 aromatic carbocycles. The molecule has 106 valence electrons. The van der Waals surface area contributed by atoms with E-state index in [1.807, 2.05) is 0 Å². The molecular formula is C10H15N3O6. The largest absolute Gasteiger partial charge is 0.387 e. The van der Waals surface area contributed by atoms with Crippen LogP contribution in [0.3, 0.4) is 0 Å². The van der Waals surface area contributed by atoms with Crippen LogP contribution in [0.25, 0.3) is 0 Å². The summed E-state index contributed by atoms with van der Waals surface area (Å²) in [6.07, 6.45) is -3.02. The minimum absolute atomic E-state index is 0.0635. The number of nitrogens with zero attached hydrogens (tertiary/aromatic N) is 2. The maximum absolute atomic E-state index is 11.6. The third kappa shape index (κ3) is 2.74. The summed E-state index contributed by atoms with van der Waals surface area (Å²) in [6, 6.07) is 1.39. The van der Waals surface area contributed by atoms with Crippen LogP contribution in [-0.4, -0.2) is 51.8 Å². The Morgan fingerprint density at radius 3 is 2.89 bits per heavy atom. The van der Waals surface area contributed by atoms with E-state index in [1.165, 1.54) is 19.4 Å². The first-order valence-corrected chi connectivity index (χ1v) is 5.56. The van der Waals surface area contributed by atoms with Gasteiger partial charge in [-0.05, 0) is 6.07 Å². The summed E-state index contributed by atoms with van der Waals surface area (Å²) < 4.78 is 6.42. The van der Waals surface area contributed by atoms with Crippen molar-refractivity contribution in [1.29, 1.82) is 0 Å². The van der Waals surface area contributed by atoms with Crippen molar-refractivity contribution in [2.24, 2.45) is 0 Å². The fourth-order valence-electron chi connectivity index (χ4n) is 1.85. The second-order valence-corrected chi connectivity index (χ2v) is 4.04. The van der Waals surface area contributed by atoms with Crippen molar-refractivity contribution in [1.82, 2.24) is 9.55 Å². The van der Waals surface area contributed by atoms with Gasteiger partial charge in [0.1, 0.15) is 30.7 Å². The Kier molecular flexibility index (Phi) is 4.12. The molecule has 0 saturated carbocycles. The van der Waals surface area contributed by atoms with Crippen LogP contribution in [-0.2, 0) is 14.5 Å². The molecule has 1 saturated heterocycles. The van der Waals surface area contributed by atoms with Gasteiger partial charge in [-0.25, -0.2) is 14.6 Å². The fourth-order valence-corrected chi connectivity index (χ4v) is 1.85. The zero-order valence-electron chi connectivity index (χ0n) is 10.2. The molecule has 4 atom stereocenters. The maximum Gasteiger partial charge on any atom is 0.351 e. The van der Waals surface area contributed by atoms with Crippen LogP contribution in [0.15, 0.2) is 17.1 Å². The second-order valence-electron chi connectivity index (χ2n) is 4.04. The van der Waals surface area contributed by atoms with E-state index in [9.17, 15) is 15.0 Å². The van der Waals surface area contributed by atoms with Crippen molar-refractivity contribution < 1.29 is 24.7 Å². The van der Waals surface area contributed by atoms with E-state index in [-0.39, 0.29) is 12.4 Å². The highest BCUT2D eigenvalue weighted by molar-refractivity contribution is 5.23. The molecular weight excluding hydrogens is 258 g/mol. The number of ether oxygens (including phenoxy) is 1. The third-order valence-electron chi connectivity index (χ3n) is 2.81. The standard InChI is InChI=1S/C10H15N3O6/c1-17-18-4-5-7(14)8(15)9(19-5)13-3-2-6(11)12-10(13)16/h2-3,5,7-9,14-15H,4H2,1H3,(H2,11,12,16)/t5-,7-,8-,9-/m1/s1. The van der Waals surface area contributed by atoms with Crippen molar-refractivity contribution in [3.05, 3.63) is 22.7 Å². The van der Waals surface area contributed by atoms with Gasteiger partial charge in [0, 0.05) is 6.20 Å². The summed E-state index contributed by atoms with van der Waals surface area (Å²) in [5, 5.41) is 19.7. The molecule has 1 aromatic heterocycles. The van der Waals surface area contributed by atoms with Crippen LogP contribution in [0.1, 0.15) is 6.23 Å². The number of nitrogen functional groups attached to an aromatic ring is 1. The predicted octanol–water partition coefficient (Wildman–Crippen LogP) is -1.98. The van der Waals surface area contributed by atoms with Gasteiger partial charge in [0.15, 0.2) is 6.23 Å². The molecule has 4 N–H and O–H groups in total. The van der Waals surface area contributed by atoms with Crippen molar-refractivity contribution in [3.63, 3.8) is 0 Å². The molecule has 19 heavy (non-hydrogen) atoms. The highest BCUT2D eigenvalue weighted by Gasteiger charge is 2.44.